The van der Waals surface area contributed by atoms with Crippen molar-refractivity contribution in [3.63, 3.8) is 0 Å². The van der Waals surface area contributed by atoms with Gasteiger partial charge in [-0.3, -0.25) is 9.59 Å². The molecule has 4 nitrogen and oxygen atoms in total. The lowest BCUT2D eigenvalue weighted by Gasteiger charge is -2.35. The predicted molar refractivity (Wildman–Crippen MR) is 100 cm³/mol. The smallest absolute Gasteiger partial charge is 0.233 e. The van der Waals surface area contributed by atoms with Crippen LogP contribution in [0.2, 0.25) is 0 Å². The fourth-order valence-electron chi connectivity index (χ4n) is 3.16. The Hall–Kier alpha value is -1.49. The minimum absolute atomic E-state index is 0.0843. The van der Waals surface area contributed by atoms with E-state index in [1.165, 1.54) is 19.8 Å². The van der Waals surface area contributed by atoms with E-state index >= 15 is 0 Å². The Morgan fingerprint density at radius 2 is 1.83 bits per heavy atom. The highest BCUT2D eigenvalue weighted by Crippen LogP contribution is 2.30. The van der Waals surface area contributed by atoms with Crippen LogP contribution in [-0.4, -0.2) is 23.1 Å². The van der Waals surface area contributed by atoms with Crippen LogP contribution in [0.3, 0.4) is 0 Å². The van der Waals surface area contributed by atoms with Crippen molar-refractivity contribution in [3.8, 4) is 0 Å². The second kappa shape index (κ2) is 8.56. The minimum Gasteiger partial charge on any atom is -0.352 e. The van der Waals surface area contributed by atoms with Gasteiger partial charge in [0.1, 0.15) is 0 Å². The first-order valence-electron chi connectivity index (χ1n) is 8.71. The van der Waals surface area contributed by atoms with Crippen LogP contribution in [-0.2, 0) is 9.59 Å². The summed E-state index contributed by atoms with van der Waals surface area (Å²) in [6, 6.07) is 7.89. The van der Waals surface area contributed by atoms with Crippen LogP contribution in [0, 0.1) is 11.8 Å². The summed E-state index contributed by atoms with van der Waals surface area (Å²) in [6.45, 7) is 7.95. The highest BCUT2D eigenvalue weighted by molar-refractivity contribution is 8.00. The Morgan fingerprint density at radius 1 is 1.17 bits per heavy atom. The minimum atomic E-state index is -0.138. The topological polar surface area (TPSA) is 58.2 Å². The van der Waals surface area contributed by atoms with Crippen LogP contribution in [0.1, 0.15) is 47.0 Å². The van der Waals surface area contributed by atoms with Gasteiger partial charge in [0.2, 0.25) is 11.8 Å². The lowest BCUT2D eigenvalue weighted by Crippen LogP contribution is -2.46. The summed E-state index contributed by atoms with van der Waals surface area (Å²) in [6.07, 6.45) is 3.54. The fraction of sp³-hybridized carbons (Fsp3) is 0.579. The number of nitrogens with one attached hydrogen (secondary N) is 2. The van der Waals surface area contributed by atoms with Crippen molar-refractivity contribution in [2.45, 2.75) is 63.1 Å². The molecule has 1 fully saturated rings. The van der Waals surface area contributed by atoms with E-state index in [0.29, 0.717) is 17.9 Å². The number of rotatable bonds is 5. The zero-order chi connectivity index (χ0) is 17.7. The average Bonchev–Trinajstić information content (AvgIpc) is 2.53. The van der Waals surface area contributed by atoms with Crippen molar-refractivity contribution in [1.82, 2.24) is 5.32 Å². The molecule has 0 radical (unpaired) electrons. The Labute approximate surface area is 149 Å². The van der Waals surface area contributed by atoms with Crippen molar-refractivity contribution >= 4 is 29.3 Å². The molecule has 132 valence electrons. The van der Waals surface area contributed by atoms with Gasteiger partial charge in [0, 0.05) is 23.5 Å². The SMILES string of the molecule is CC(=O)Nc1ccc(S[C@H](C)C(=O)N[C@@H]2CCC[C@@H](C)[C@H]2C)cc1. The van der Waals surface area contributed by atoms with Crippen LogP contribution in [0.25, 0.3) is 0 Å². The van der Waals surface area contributed by atoms with E-state index in [0.717, 1.165) is 17.0 Å². The third-order valence-corrected chi connectivity index (χ3v) is 6.00. The highest BCUT2D eigenvalue weighted by Gasteiger charge is 2.29. The predicted octanol–water partition coefficient (Wildman–Crippen LogP) is 4.07. The van der Waals surface area contributed by atoms with Crippen LogP contribution in [0.4, 0.5) is 5.69 Å². The second-order valence-corrected chi connectivity index (χ2v) is 8.26. The molecule has 1 aromatic carbocycles. The zero-order valence-corrected chi connectivity index (χ0v) is 15.8. The maximum atomic E-state index is 12.5. The van der Waals surface area contributed by atoms with E-state index in [-0.39, 0.29) is 17.1 Å². The van der Waals surface area contributed by atoms with Crippen molar-refractivity contribution in [2.24, 2.45) is 11.8 Å². The quantitative estimate of drug-likeness (QED) is 0.789. The summed E-state index contributed by atoms with van der Waals surface area (Å²) in [7, 11) is 0. The molecular weight excluding hydrogens is 320 g/mol. The fourth-order valence-corrected chi connectivity index (χ4v) is 4.04. The van der Waals surface area contributed by atoms with E-state index in [1.54, 1.807) is 11.8 Å². The van der Waals surface area contributed by atoms with Crippen molar-refractivity contribution < 1.29 is 9.59 Å². The molecule has 0 saturated heterocycles. The summed E-state index contributed by atoms with van der Waals surface area (Å²) in [4.78, 5) is 24.6. The maximum Gasteiger partial charge on any atom is 0.233 e. The van der Waals surface area contributed by atoms with Gasteiger partial charge in [-0.15, -0.1) is 11.8 Å². The van der Waals surface area contributed by atoms with Gasteiger partial charge in [0.15, 0.2) is 0 Å². The molecule has 24 heavy (non-hydrogen) atoms. The van der Waals surface area contributed by atoms with Crippen molar-refractivity contribution in [2.75, 3.05) is 5.32 Å². The van der Waals surface area contributed by atoms with Gasteiger partial charge in [0.25, 0.3) is 0 Å². The summed E-state index contributed by atoms with van der Waals surface area (Å²) >= 11 is 1.55. The standard InChI is InChI=1S/C19H28N2O2S/c1-12-6-5-7-18(13(12)2)21-19(23)14(3)24-17-10-8-16(9-11-17)20-15(4)22/h8-14,18H,5-7H2,1-4H3,(H,20,22)(H,21,23)/t12-,13-,14-,18-/m1/s1. The van der Waals surface area contributed by atoms with Crippen molar-refractivity contribution in [3.05, 3.63) is 24.3 Å². The Morgan fingerprint density at radius 3 is 2.46 bits per heavy atom. The van der Waals surface area contributed by atoms with Gasteiger partial charge in [-0.2, -0.15) is 0 Å². The molecule has 0 bridgehead atoms. The molecule has 0 spiro atoms. The number of thioether (sulfide) groups is 1. The van der Waals surface area contributed by atoms with Gasteiger partial charge < -0.3 is 10.6 Å². The third-order valence-electron chi connectivity index (χ3n) is 4.89. The summed E-state index contributed by atoms with van der Waals surface area (Å²) in [5.74, 6) is 1.24. The van der Waals surface area contributed by atoms with Gasteiger partial charge in [-0.05, 0) is 49.4 Å². The Bertz CT molecular complexity index is 573. The largest absolute Gasteiger partial charge is 0.352 e. The van der Waals surface area contributed by atoms with E-state index < -0.39 is 0 Å². The zero-order valence-electron chi connectivity index (χ0n) is 15.0. The van der Waals surface area contributed by atoms with Gasteiger partial charge >= 0.3 is 0 Å². The highest BCUT2D eigenvalue weighted by atomic mass is 32.2. The van der Waals surface area contributed by atoms with E-state index in [1.807, 2.05) is 31.2 Å². The molecule has 1 aromatic rings. The van der Waals surface area contributed by atoms with E-state index in [9.17, 15) is 9.59 Å². The Kier molecular flexibility index (Phi) is 6.72. The number of benzene rings is 1. The number of hydrogen-bond acceptors (Lipinski definition) is 3. The molecule has 1 aliphatic rings. The molecule has 0 heterocycles. The van der Waals surface area contributed by atoms with Crippen LogP contribution >= 0.6 is 11.8 Å². The van der Waals surface area contributed by atoms with Crippen LogP contribution < -0.4 is 10.6 Å². The van der Waals surface area contributed by atoms with Crippen LogP contribution in [0.15, 0.2) is 29.2 Å². The summed E-state index contributed by atoms with van der Waals surface area (Å²) in [5, 5.41) is 5.85. The molecule has 1 saturated carbocycles. The van der Waals surface area contributed by atoms with Gasteiger partial charge in [0.05, 0.1) is 5.25 Å². The molecule has 2 amide bonds. The molecular formula is C19H28N2O2S. The second-order valence-electron chi connectivity index (χ2n) is 6.85. The van der Waals surface area contributed by atoms with Crippen LogP contribution in [0.5, 0.6) is 0 Å². The normalized spacial score (nSPS) is 24.9. The lowest BCUT2D eigenvalue weighted by molar-refractivity contribution is -0.121. The van der Waals surface area contributed by atoms with Gasteiger partial charge in [-0.1, -0.05) is 26.7 Å². The number of amides is 2. The molecule has 2 N–H and O–H groups in total. The van der Waals surface area contributed by atoms with Crippen molar-refractivity contribution in [1.29, 1.82) is 0 Å². The lowest BCUT2D eigenvalue weighted by atomic mass is 9.78. The summed E-state index contributed by atoms with van der Waals surface area (Å²) in [5.41, 5.74) is 0.772. The monoisotopic (exact) mass is 348 g/mol. The number of carbonyl (C=O) groups is 2. The Balaban J connectivity index is 1.88. The average molecular weight is 349 g/mol. The van der Waals surface area contributed by atoms with E-state index in [2.05, 4.69) is 24.5 Å². The number of carbonyl (C=O) groups excluding carboxylic acids is 2. The summed E-state index contributed by atoms with van der Waals surface area (Å²) < 4.78 is 0. The third kappa shape index (κ3) is 5.26. The molecule has 1 aliphatic carbocycles. The molecule has 0 aromatic heterocycles. The van der Waals surface area contributed by atoms with Gasteiger partial charge in [-0.25, -0.2) is 0 Å². The molecule has 4 atom stereocenters. The molecule has 0 unspecified atom stereocenters. The molecule has 0 aliphatic heterocycles. The maximum absolute atomic E-state index is 12.5. The molecule has 5 heteroatoms. The number of anilines is 1. The molecule has 2 rings (SSSR count). The first-order valence-corrected chi connectivity index (χ1v) is 9.59. The number of hydrogen-bond donors (Lipinski definition) is 2. The van der Waals surface area contributed by atoms with E-state index in [4.69, 9.17) is 0 Å². The first kappa shape index (κ1) is 18.8. The first-order chi connectivity index (χ1) is 11.4.